The molecule has 0 spiro atoms. The number of piperidine rings is 1. The molecule has 0 bridgehead atoms. The van der Waals surface area contributed by atoms with Crippen molar-refractivity contribution >= 4 is 21.6 Å². The van der Waals surface area contributed by atoms with E-state index in [1.807, 2.05) is 0 Å². The number of rotatable bonds is 7. The number of nitrogens with one attached hydrogen (secondary N) is 2. The number of benzene rings is 1. The van der Waals surface area contributed by atoms with Crippen molar-refractivity contribution < 1.29 is 13.2 Å². The van der Waals surface area contributed by atoms with E-state index in [1.54, 1.807) is 32.0 Å². The van der Waals surface area contributed by atoms with Crippen molar-refractivity contribution in [2.24, 2.45) is 5.92 Å². The van der Waals surface area contributed by atoms with Gasteiger partial charge in [-0.1, -0.05) is 6.92 Å². The zero-order valence-electron chi connectivity index (χ0n) is 16.2. The molecule has 7 heteroatoms. The maximum Gasteiger partial charge on any atom is 0.240 e. The first-order valence-electron chi connectivity index (χ1n) is 9.37. The highest BCUT2D eigenvalue weighted by molar-refractivity contribution is 7.89. The van der Waals surface area contributed by atoms with Gasteiger partial charge in [-0.3, -0.25) is 4.79 Å². The third-order valence-electron chi connectivity index (χ3n) is 5.01. The Kier molecular flexibility index (Phi) is 7.20. The van der Waals surface area contributed by atoms with Gasteiger partial charge in [0.2, 0.25) is 15.9 Å². The summed E-state index contributed by atoms with van der Waals surface area (Å²) in [6.45, 7) is 10.4. The summed E-state index contributed by atoms with van der Waals surface area (Å²) in [5.74, 6) is 0.286. The van der Waals surface area contributed by atoms with Crippen molar-refractivity contribution in [1.29, 1.82) is 0 Å². The standard InChI is InChI=1S/C19H31N3O3S/c1-5-19(23)21-17-6-7-18(15(4)12-17)26(24,25)20-13-16-8-10-22(11-9-16)14(2)3/h6-7,12,14,16,20H,5,8-11,13H2,1-4H3,(H,21,23). The number of anilines is 1. The fourth-order valence-electron chi connectivity index (χ4n) is 3.26. The smallest absolute Gasteiger partial charge is 0.240 e. The zero-order chi connectivity index (χ0) is 19.3. The molecule has 0 aliphatic carbocycles. The Morgan fingerprint density at radius 3 is 2.46 bits per heavy atom. The van der Waals surface area contributed by atoms with Gasteiger partial charge in [0.05, 0.1) is 4.90 Å². The minimum atomic E-state index is -3.55. The Balaban J connectivity index is 1.96. The first-order valence-corrected chi connectivity index (χ1v) is 10.9. The summed E-state index contributed by atoms with van der Waals surface area (Å²) in [6, 6.07) is 5.44. The summed E-state index contributed by atoms with van der Waals surface area (Å²) in [6.07, 6.45) is 2.42. The molecule has 1 aliphatic rings. The highest BCUT2D eigenvalue weighted by Gasteiger charge is 2.23. The van der Waals surface area contributed by atoms with Gasteiger partial charge in [-0.25, -0.2) is 13.1 Å². The van der Waals surface area contributed by atoms with Crippen molar-refractivity contribution in [3.05, 3.63) is 23.8 Å². The van der Waals surface area contributed by atoms with E-state index in [1.165, 1.54) is 0 Å². The molecule has 26 heavy (non-hydrogen) atoms. The van der Waals surface area contributed by atoms with E-state index in [9.17, 15) is 13.2 Å². The topological polar surface area (TPSA) is 78.5 Å². The lowest BCUT2D eigenvalue weighted by Gasteiger charge is -2.34. The van der Waals surface area contributed by atoms with Crippen LogP contribution in [0.15, 0.2) is 23.1 Å². The van der Waals surface area contributed by atoms with Crippen molar-refractivity contribution in [3.63, 3.8) is 0 Å². The van der Waals surface area contributed by atoms with Crippen LogP contribution in [0.1, 0.15) is 45.6 Å². The summed E-state index contributed by atoms with van der Waals surface area (Å²) in [7, 11) is -3.55. The van der Waals surface area contributed by atoms with Crippen molar-refractivity contribution in [2.75, 3.05) is 25.0 Å². The predicted octanol–water partition coefficient (Wildman–Crippen LogP) is 2.74. The second kappa shape index (κ2) is 8.97. The van der Waals surface area contributed by atoms with E-state index in [0.717, 1.165) is 25.9 Å². The third-order valence-corrected chi connectivity index (χ3v) is 6.59. The van der Waals surface area contributed by atoms with Gasteiger partial charge in [-0.05, 0) is 76.4 Å². The van der Waals surface area contributed by atoms with E-state index in [0.29, 0.717) is 36.2 Å². The van der Waals surface area contributed by atoms with E-state index in [4.69, 9.17) is 0 Å². The summed E-state index contributed by atoms with van der Waals surface area (Å²) >= 11 is 0. The van der Waals surface area contributed by atoms with Crippen LogP contribution < -0.4 is 10.0 Å². The van der Waals surface area contributed by atoms with Crippen LogP contribution in [0.4, 0.5) is 5.69 Å². The molecule has 2 N–H and O–H groups in total. The Bertz CT molecular complexity index is 724. The maximum atomic E-state index is 12.6. The fourth-order valence-corrected chi connectivity index (χ4v) is 4.60. The minimum Gasteiger partial charge on any atom is -0.326 e. The average molecular weight is 382 g/mol. The van der Waals surface area contributed by atoms with Gasteiger partial charge in [-0.2, -0.15) is 0 Å². The van der Waals surface area contributed by atoms with Gasteiger partial charge in [-0.15, -0.1) is 0 Å². The second-order valence-corrected chi connectivity index (χ2v) is 9.04. The van der Waals surface area contributed by atoms with E-state index >= 15 is 0 Å². The summed E-state index contributed by atoms with van der Waals surface area (Å²) in [5.41, 5.74) is 1.25. The molecule has 6 nitrogen and oxygen atoms in total. The van der Waals surface area contributed by atoms with Crippen LogP contribution in [0.3, 0.4) is 0 Å². The lowest BCUT2D eigenvalue weighted by Crippen LogP contribution is -2.41. The number of sulfonamides is 1. The van der Waals surface area contributed by atoms with Crippen LogP contribution in [-0.4, -0.2) is 44.9 Å². The highest BCUT2D eigenvalue weighted by Crippen LogP contribution is 2.22. The summed E-state index contributed by atoms with van der Waals surface area (Å²) in [4.78, 5) is 14.2. The van der Waals surface area contributed by atoms with E-state index < -0.39 is 10.0 Å². The van der Waals surface area contributed by atoms with Gasteiger partial charge in [0.25, 0.3) is 0 Å². The average Bonchev–Trinajstić information content (AvgIpc) is 2.60. The SMILES string of the molecule is CCC(=O)Nc1ccc(S(=O)(=O)NCC2CCN(C(C)C)CC2)c(C)c1. The second-order valence-electron chi connectivity index (χ2n) is 7.31. The fraction of sp³-hybridized carbons (Fsp3) is 0.632. The zero-order valence-corrected chi connectivity index (χ0v) is 17.0. The maximum absolute atomic E-state index is 12.6. The normalized spacial score (nSPS) is 16.8. The molecular formula is C19H31N3O3S. The summed E-state index contributed by atoms with van der Waals surface area (Å²) < 4.78 is 28.1. The van der Waals surface area contributed by atoms with Gasteiger partial charge in [0, 0.05) is 24.7 Å². The number of likely N-dealkylation sites (tertiary alicyclic amines) is 1. The Hall–Kier alpha value is -1.44. The van der Waals surface area contributed by atoms with Crippen molar-refractivity contribution in [1.82, 2.24) is 9.62 Å². The van der Waals surface area contributed by atoms with Crippen LogP contribution in [0.2, 0.25) is 0 Å². The molecule has 0 saturated carbocycles. The number of nitrogens with zero attached hydrogens (tertiary/aromatic N) is 1. The number of aryl methyl sites for hydroxylation is 1. The highest BCUT2D eigenvalue weighted by atomic mass is 32.2. The first-order chi connectivity index (χ1) is 12.2. The molecule has 0 aromatic heterocycles. The number of amides is 1. The van der Waals surface area contributed by atoms with Crippen LogP contribution >= 0.6 is 0 Å². The molecule has 1 saturated heterocycles. The summed E-state index contributed by atoms with van der Waals surface area (Å²) in [5, 5.41) is 2.75. The van der Waals surface area contributed by atoms with Gasteiger partial charge in [0.15, 0.2) is 0 Å². The quantitative estimate of drug-likeness (QED) is 0.761. The first kappa shape index (κ1) is 20.9. The van der Waals surface area contributed by atoms with Crippen LogP contribution in [-0.2, 0) is 14.8 Å². The van der Waals surface area contributed by atoms with Gasteiger partial charge in [0.1, 0.15) is 0 Å². The molecule has 1 aromatic carbocycles. The van der Waals surface area contributed by atoms with Gasteiger partial charge >= 0.3 is 0 Å². The molecule has 0 atom stereocenters. The Morgan fingerprint density at radius 2 is 1.92 bits per heavy atom. The van der Waals surface area contributed by atoms with E-state index in [2.05, 4.69) is 28.8 Å². The third kappa shape index (κ3) is 5.53. The number of hydrogen-bond acceptors (Lipinski definition) is 4. The number of carbonyl (C=O) groups excluding carboxylic acids is 1. The van der Waals surface area contributed by atoms with Crippen LogP contribution in [0, 0.1) is 12.8 Å². The van der Waals surface area contributed by atoms with Gasteiger partial charge < -0.3 is 10.2 Å². The molecule has 1 fully saturated rings. The van der Waals surface area contributed by atoms with Crippen molar-refractivity contribution in [2.45, 2.75) is 57.9 Å². The number of carbonyl (C=O) groups is 1. The molecule has 0 radical (unpaired) electrons. The molecule has 1 amide bonds. The number of hydrogen-bond donors (Lipinski definition) is 2. The molecule has 1 aliphatic heterocycles. The van der Waals surface area contributed by atoms with Crippen molar-refractivity contribution in [3.8, 4) is 0 Å². The molecule has 2 rings (SSSR count). The monoisotopic (exact) mass is 381 g/mol. The molecule has 1 heterocycles. The Morgan fingerprint density at radius 1 is 1.27 bits per heavy atom. The lowest BCUT2D eigenvalue weighted by molar-refractivity contribution is -0.115. The minimum absolute atomic E-state index is 0.0918. The van der Waals surface area contributed by atoms with E-state index in [-0.39, 0.29) is 10.8 Å². The molecule has 146 valence electrons. The Labute approximate surface area is 157 Å². The molecule has 1 aromatic rings. The largest absolute Gasteiger partial charge is 0.326 e. The predicted molar refractivity (Wildman–Crippen MR) is 105 cm³/mol. The molecule has 0 unspecified atom stereocenters. The van der Waals surface area contributed by atoms with Crippen LogP contribution in [0.5, 0.6) is 0 Å². The molecular weight excluding hydrogens is 350 g/mol. The lowest BCUT2D eigenvalue weighted by atomic mass is 9.96. The van der Waals surface area contributed by atoms with Crippen LogP contribution in [0.25, 0.3) is 0 Å².